The van der Waals surface area contributed by atoms with Crippen molar-refractivity contribution in [3.8, 4) is 0 Å². The van der Waals surface area contributed by atoms with Gasteiger partial charge in [0.1, 0.15) is 6.04 Å². The van der Waals surface area contributed by atoms with Gasteiger partial charge in [0.05, 0.1) is 23.9 Å². The summed E-state index contributed by atoms with van der Waals surface area (Å²) in [5.41, 5.74) is 7.19. The Kier molecular flexibility index (Phi) is 3.87. The van der Waals surface area contributed by atoms with E-state index in [1.54, 1.807) is 10.9 Å². The fraction of sp³-hybridized carbons (Fsp3) is 0.200. The van der Waals surface area contributed by atoms with Gasteiger partial charge in [-0.25, -0.2) is 4.98 Å². The molecule has 2 aromatic rings. The molecule has 16 heavy (non-hydrogen) atoms. The van der Waals surface area contributed by atoms with Crippen molar-refractivity contribution in [1.82, 2.24) is 9.55 Å². The Morgan fingerprint density at radius 2 is 2.19 bits per heavy atom. The molecular formula is C10H12ClN3O2. The first-order valence-electron chi connectivity index (χ1n) is 4.57. The van der Waals surface area contributed by atoms with Crippen molar-refractivity contribution in [2.24, 2.45) is 5.73 Å². The predicted octanol–water partition coefficient (Wildman–Crippen LogP) is 0.870. The smallest absolute Gasteiger partial charge is 0.322 e. The van der Waals surface area contributed by atoms with E-state index in [2.05, 4.69) is 4.98 Å². The number of carbonyl (C=O) groups is 1. The van der Waals surface area contributed by atoms with Crippen LogP contribution in [0.5, 0.6) is 0 Å². The van der Waals surface area contributed by atoms with Gasteiger partial charge in [0.2, 0.25) is 0 Å². The van der Waals surface area contributed by atoms with E-state index < -0.39 is 12.0 Å². The number of nitrogens with two attached hydrogens (primary N) is 1. The molecule has 5 nitrogen and oxygen atoms in total. The molecule has 0 fully saturated rings. The average Bonchev–Trinajstić information content (AvgIpc) is 2.62. The molecule has 0 saturated heterocycles. The molecule has 0 bridgehead atoms. The minimum absolute atomic E-state index is 0. The molecule has 2 rings (SSSR count). The highest BCUT2D eigenvalue weighted by atomic mass is 35.5. The molecule has 1 atom stereocenters. The number of aromatic nitrogens is 2. The largest absolute Gasteiger partial charge is 0.480 e. The second kappa shape index (κ2) is 4.96. The van der Waals surface area contributed by atoms with Gasteiger partial charge in [0.25, 0.3) is 0 Å². The average molecular weight is 242 g/mol. The summed E-state index contributed by atoms with van der Waals surface area (Å²) < 4.78 is 1.74. The van der Waals surface area contributed by atoms with Gasteiger partial charge in [0.15, 0.2) is 0 Å². The van der Waals surface area contributed by atoms with Crippen LogP contribution in [-0.2, 0) is 11.3 Å². The molecule has 1 aromatic heterocycles. The highest BCUT2D eigenvalue weighted by Crippen LogP contribution is 2.11. The Hall–Kier alpha value is -1.59. The molecular weight excluding hydrogens is 230 g/mol. The van der Waals surface area contributed by atoms with Gasteiger partial charge in [-0.15, -0.1) is 12.4 Å². The lowest BCUT2D eigenvalue weighted by Crippen LogP contribution is -2.34. The first-order valence-corrected chi connectivity index (χ1v) is 4.57. The summed E-state index contributed by atoms with van der Waals surface area (Å²) in [4.78, 5) is 14.7. The first kappa shape index (κ1) is 12.5. The van der Waals surface area contributed by atoms with Crippen LogP contribution in [-0.4, -0.2) is 26.7 Å². The normalized spacial score (nSPS) is 12.1. The van der Waals surface area contributed by atoms with Crippen molar-refractivity contribution >= 4 is 29.4 Å². The van der Waals surface area contributed by atoms with Crippen LogP contribution in [0.15, 0.2) is 30.6 Å². The van der Waals surface area contributed by atoms with Crippen LogP contribution in [0.4, 0.5) is 0 Å². The molecule has 0 radical (unpaired) electrons. The molecule has 1 heterocycles. The quantitative estimate of drug-likeness (QED) is 0.836. The number of para-hydroxylation sites is 2. The van der Waals surface area contributed by atoms with E-state index in [1.807, 2.05) is 24.3 Å². The Labute approximate surface area is 98.3 Å². The monoisotopic (exact) mass is 241 g/mol. The van der Waals surface area contributed by atoms with Crippen LogP contribution >= 0.6 is 12.4 Å². The van der Waals surface area contributed by atoms with E-state index in [0.29, 0.717) is 0 Å². The molecule has 0 aliphatic carbocycles. The van der Waals surface area contributed by atoms with Crippen LogP contribution in [0.3, 0.4) is 0 Å². The van der Waals surface area contributed by atoms with Gasteiger partial charge in [-0.1, -0.05) is 12.1 Å². The van der Waals surface area contributed by atoms with Crippen LogP contribution in [0.1, 0.15) is 0 Å². The summed E-state index contributed by atoms with van der Waals surface area (Å²) in [7, 11) is 0. The van der Waals surface area contributed by atoms with Crippen molar-refractivity contribution in [2.45, 2.75) is 12.6 Å². The van der Waals surface area contributed by atoms with Crippen molar-refractivity contribution in [2.75, 3.05) is 0 Å². The summed E-state index contributed by atoms with van der Waals surface area (Å²) in [6.07, 6.45) is 1.60. The molecule has 86 valence electrons. The SMILES string of the molecule is Cl.NC(Cn1cnc2ccccc21)C(=O)O. The molecule has 1 aromatic carbocycles. The number of carboxylic acids is 1. The second-order valence-electron chi connectivity index (χ2n) is 3.33. The number of hydrogen-bond donors (Lipinski definition) is 2. The fourth-order valence-corrected chi connectivity index (χ4v) is 1.45. The van der Waals surface area contributed by atoms with Gasteiger partial charge in [0, 0.05) is 0 Å². The zero-order valence-electron chi connectivity index (χ0n) is 8.41. The third-order valence-electron chi connectivity index (χ3n) is 2.24. The highest BCUT2D eigenvalue weighted by molar-refractivity contribution is 5.85. The minimum Gasteiger partial charge on any atom is -0.480 e. The summed E-state index contributed by atoms with van der Waals surface area (Å²) in [5, 5.41) is 8.69. The van der Waals surface area contributed by atoms with E-state index in [4.69, 9.17) is 10.8 Å². The number of halogens is 1. The zero-order chi connectivity index (χ0) is 10.8. The third kappa shape index (κ3) is 2.32. The maximum absolute atomic E-state index is 10.6. The Morgan fingerprint density at radius 1 is 1.50 bits per heavy atom. The fourth-order valence-electron chi connectivity index (χ4n) is 1.45. The zero-order valence-corrected chi connectivity index (χ0v) is 9.22. The van der Waals surface area contributed by atoms with E-state index in [-0.39, 0.29) is 19.0 Å². The maximum Gasteiger partial charge on any atom is 0.322 e. The highest BCUT2D eigenvalue weighted by Gasteiger charge is 2.13. The molecule has 0 spiro atoms. The Bertz CT molecular complexity index is 498. The van der Waals surface area contributed by atoms with Crippen molar-refractivity contribution in [1.29, 1.82) is 0 Å². The molecule has 3 N–H and O–H groups in total. The van der Waals surface area contributed by atoms with E-state index in [0.717, 1.165) is 11.0 Å². The molecule has 0 aliphatic heterocycles. The van der Waals surface area contributed by atoms with Crippen LogP contribution in [0.25, 0.3) is 11.0 Å². The summed E-state index contributed by atoms with van der Waals surface area (Å²) in [6, 6.07) is 6.63. The number of rotatable bonds is 3. The number of nitrogens with zero attached hydrogens (tertiary/aromatic N) is 2. The number of benzene rings is 1. The number of aliphatic carboxylic acids is 1. The first-order chi connectivity index (χ1) is 7.18. The number of imidazole rings is 1. The molecule has 0 aliphatic rings. The number of hydrogen-bond acceptors (Lipinski definition) is 3. The van der Waals surface area contributed by atoms with Gasteiger partial charge >= 0.3 is 5.97 Å². The van der Waals surface area contributed by atoms with E-state index in [9.17, 15) is 4.79 Å². The van der Waals surface area contributed by atoms with Crippen molar-refractivity contribution in [3.05, 3.63) is 30.6 Å². The van der Waals surface area contributed by atoms with E-state index in [1.165, 1.54) is 0 Å². The lowest BCUT2D eigenvalue weighted by atomic mass is 10.3. The van der Waals surface area contributed by atoms with Crippen molar-refractivity contribution in [3.63, 3.8) is 0 Å². The van der Waals surface area contributed by atoms with Crippen LogP contribution in [0.2, 0.25) is 0 Å². The molecule has 0 amide bonds. The third-order valence-corrected chi connectivity index (χ3v) is 2.24. The summed E-state index contributed by atoms with van der Waals surface area (Å²) in [6.45, 7) is 0.232. The number of fused-ring (bicyclic) bond motifs is 1. The van der Waals surface area contributed by atoms with Gasteiger partial charge in [-0.05, 0) is 12.1 Å². The summed E-state index contributed by atoms with van der Waals surface area (Å²) >= 11 is 0. The lowest BCUT2D eigenvalue weighted by molar-refractivity contribution is -0.138. The number of carboxylic acid groups (broad SMARTS) is 1. The molecule has 1 unspecified atom stereocenters. The lowest BCUT2D eigenvalue weighted by Gasteiger charge is -2.07. The molecule has 6 heteroatoms. The van der Waals surface area contributed by atoms with Crippen LogP contribution < -0.4 is 5.73 Å². The standard InChI is InChI=1S/C10H11N3O2.ClH/c11-7(10(14)15)5-13-6-12-8-3-1-2-4-9(8)13;/h1-4,6-7H,5,11H2,(H,14,15);1H. The van der Waals surface area contributed by atoms with Gasteiger partial charge in [-0.2, -0.15) is 0 Å². The van der Waals surface area contributed by atoms with Gasteiger partial charge in [-0.3, -0.25) is 4.79 Å². The topological polar surface area (TPSA) is 81.1 Å². The molecule has 0 saturated carbocycles. The maximum atomic E-state index is 10.6. The van der Waals surface area contributed by atoms with Crippen molar-refractivity contribution < 1.29 is 9.90 Å². The summed E-state index contributed by atoms with van der Waals surface area (Å²) in [5.74, 6) is -1.01. The Balaban J connectivity index is 0.00000128. The van der Waals surface area contributed by atoms with Gasteiger partial charge < -0.3 is 15.4 Å². The predicted molar refractivity (Wildman–Crippen MR) is 62.6 cm³/mol. The van der Waals surface area contributed by atoms with E-state index >= 15 is 0 Å². The Morgan fingerprint density at radius 3 is 2.88 bits per heavy atom. The second-order valence-corrected chi connectivity index (χ2v) is 3.33. The minimum atomic E-state index is -1.01. The van der Waals surface area contributed by atoms with Crippen LogP contribution in [0, 0.1) is 0 Å².